The number of carbonyl (C=O) groups excluding carboxylic acids is 2. The first-order valence-electron chi connectivity index (χ1n) is 8.43. The maximum absolute atomic E-state index is 12.3. The minimum absolute atomic E-state index is 0.00417. The summed E-state index contributed by atoms with van der Waals surface area (Å²) < 4.78 is 0. The summed E-state index contributed by atoms with van der Waals surface area (Å²) >= 11 is 0. The minimum Gasteiger partial charge on any atom is -0.340 e. The lowest BCUT2D eigenvalue weighted by molar-refractivity contribution is -0.384. The van der Waals surface area contributed by atoms with E-state index in [1.807, 2.05) is 0 Å². The van der Waals surface area contributed by atoms with Crippen molar-refractivity contribution in [3.63, 3.8) is 0 Å². The summed E-state index contributed by atoms with van der Waals surface area (Å²) in [6.07, 6.45) is 0. The number of non-ortho nitro benzene ring substituents is 1. The normalized spacial score (nSPS) is 11.1. The van der Waals surface area contributed by atoms with Crippen LogP contribution in [0.5, 0.6) is 0 Å². The molecule has 0 radical (unpaired) electrons. The maximum Gasteiger partial charge on any atom is 0.269 e. The van der Waals surface area contributed by atoms with Gasteiger partial charge in [-0.15, -0.1) is 0 Å². The van der Waals surface area contributed by atoms with E-state index in [4.69, 9.17) is 5.21 Å². The van der Waals surface area contributed by atoms with Crippen LogP contribution in [0, 0.1) is 27.9 Å². The molecule has 28 heavy (non-hydrogen) atoms. The molecule has 1 atom stereocenters. The second kappa shape index (κ2) is 9.30. The molecule has 8 nitrogen and oxygen atoms in total. The summed E-state index contributed by atoms with van der Waals surface area (Å²) in [5.41, 5.74) is 3.17. The molecular weight excluding hydrogens is 362 g/mol. The molecule has 0 aliphatic heterocycles. The molecule has 0 unspecified atom stereocenters. The molecule has 0 spiro atoms. The smallest absolute Gasteiger partial charge is 0.269 e. The molecule has 0 heterocycles. The Balaban J connectivity index is 2.08. The van der Waals surface area contributed by atoms with Crippen LogP contribution in [-0.2, 0) is 4.79 Å². The van der Waals surface area contributed by atoms with E-state index < -0.39 is 22.8 Å². The van der Waals surface area contributed by atoms with Gasteiger partial charge in [-0.3, -0.25) is 24.9 Å². The van der Waals surface area contributed by atoms with Crippen LogP contribution in [0.1, 0.15) is 35.3 Å². The second-order valence-electron chi connectivity index (χ2n) is 6.30. The average Bonchev–Trinajstić information content (AvgIpc) is 2.70. The zero-order valence-corrected chi connectivity index (χ0v) is 15.3. The van der Waals surface area contributed by atoms with E-state index in [0.717, 1.165) is 0 Å². The van der Waals surface area contributed by atoms with Crippen molar-refractivity contribution in [2.75, 3.05) is 0 Å². The molecule has 0 bridgehead atoms. The van der Waals surface area contributed by atoms with Crippen molar-refractivity contribution in [2.24, 2.45) is 5.92 Å². The molecule has 0 saturated carbocycles. The van der Waals surface area contributed by atoms with Crippen molar-refractivity contribution in [1.29, 1.82) is 0 Å². The summed E-state index contributed by atoms with van der Waals surface area (Å²) in [7, 11) is 0. The van der Waals surface area contributed by atoms with Gasteiger partial charge < -0.3 is 5.32 Å². The van der Waals surface area contributed by atoms with Gasteiger partial charge in [0.05, 0.1) is 4.92 Å². The van der Waals surface area contributed by atoms with Crippen LogP contribution in [0.2, 0.25) is 0 Å². The third kappa shape index (κ3) is 5.40. The molecule has 144 valence electrons. The number of carbonyl (C=O) groups is 2. The van der Waals surface area contributed by atoms with Crippen LogP contribution in [0.15, 0.2) is 48.5 Å². The monoisotopic (exact) mass is 381 g/mol. The van der Waals surface area contributed by atoms with E-state index in [9.17, 15) is 19.7 Å². The topological polar surface area (TPSA) is 122 Å². The van der Waals surface area contributed by atoms with E-state index >= 15 is 0 Å². The molecule has 2 amide bonds. The molecule has 0 aliphatic rings. The number of benzene rings is 2. The number of nitrogens with one attached hydrogen (secondary N) is 2. The summed E-state index contributed by atoms with van der Waals surface area (Å²) in [6, 6.07) is 11.5. The lowest BCUT2D eigenvalue weighted by Gasteiger charge is -2.20. The molecule has 3 N–H and O–H groups in total. The zero-order chi connectivity index (χ0) is 20.7. The highest BCUT2D eigenvalue weighted by Crippen LogP contribution is 2.11. The van der Waals surface area contributed by atoms with Crippen molar-refractivity contribution in [3.8, 4) is 11.8 Å². The Morgan fingerprint density at radius 3 is 1.93 bits per heavy atom. The van der Waals surface area contributed by atoms with E-state index in [-0.39, 0.29) is 11.6 Å². The van der Waals surface area contributed by atoms with E-state index in [0.29, 0.717) is 16.7 Å². The van der Waals surface area contributed by atoms with Crippen molar-refractivity contribution < 1.29 is 19.7 Å². The van der Waals surface area contributed by atoms with Crippen molar-refractivity contribution in [1.82, 2.24) is 10.8 Å². The Morgan fingerprint density at radius 1 is 1.00 bits per heavy atom. The molecule has 2 aromatic carbocycles. The first-order chi connectivity index (χ1) is 13.3. The Hall–Kier alpha value is -3.70. The van der Waals surface area contributed by atoms with Gasteiger partial charge >= 0.3 is 0 Å². The van der Waals surface area contributed by atoms with Crippen LogP contribution >= 0.6 is 0 Å². The maximum atomic E-state index is 12.3. The highest BCUT2D eigenvalue weighted by molar-refractivity contribution is 5.97. The van der Waals surface area contributed by atoms with Gasteiger partial charge in [-0.25, -0.2) is 5.48 Å². The first-order valence-corrected chi connectivity index (χ1v) is 8.43. The molecule has 2 aromatic rings. The van der Waals surface area contributed by atoms with Crippen molar-refractivity contribution >= 4 is 17.5 Å². The average molecular weight is 381 g/mol. The first kappa shape index (κ1) is 20.6. The van der Waals surface area contributed by atoms with E-state index in [1.54, 1.807) is 55.7 Å². The number of amides is 2. The Bertz CT molecular complexity index is 925. The molecule has 0 aromatic heterocycles. The predicted molar refractivity (Wildman–Crippen MR) is 102 cm³/mol. The third-order valence-corrected chi connectivity index (χ3v) is 3.92. The summed E-state index contributed by atoms with van der Waals surface area (Å²) in [6.45, 7) is 3.49. The highest BCUT2D eigenvalue weighted by Gasteiger charge is 2.24. The van der Waals surface area contributed by atoms with E-state index in [1.165, 1.54) is 12.1 Å². The fraction of sp³-hybridized carbons (Fsp3) is 0.200. The Labute approximate surface area is 161 Å². The minimum atomic E-state index is -0.862. The van der Waals surface area contributed by atoms with Crippen LogP contribution in [0.25, 0.3) is 0 Å². The van der Waals surface area contributed by atoms with Gasteiger partial charge in [0.15, 0.2) is 0 Å². The largest absolute Gasteiger partial charge is 0.340 e. The van der Waals surface area contributed by atoms with Gasteiger partial charge in [0.25, 0.3) is 17.5 Å². The molecule has 0 saturated heterocycles. The number of nitrogens with zero attached hydrogens (tertiary/aromatic N) is 1. The molecule has 2 rings (SSSR count). The molecule has 0 aliphatic carbocycles. The van der Waals surface area contributed by atoms with Crippen molar-refractivity contribution in [3.05, 3.63) is 75.3 Å². The standard InChI is InChI=1S/C20H19N3O5/c1-13(2)18(20(25)22-26)21-19(24)16-9-5-14(6-10-16)3-4-15-7-11-17(12-8-15)23(27)28/h5-13,18,26H,1-2H3,(H,21,24)(H,22,25)/t18-/m0/s1. The van der Waals surface area contributed by atoms with Crippen molar-refractivity contribution in [2.45, 2.75) is 19.9 Å². The number of nitro groups is 1. The van der Waals surface area contributed by atoms with Crippen LogP contribution < -0.4 is 10.8 Å². The Kier molecular flexibility index (Phi) is 6.84. The number of hydroxylamine groups is 1. The summed E-state index contributed by atoms with van der Waals surface area (Å²) in [5.74, 6) is 4.47. The van der Waals surface area contributed by atoms with Gasteiger partial charge in [0.1, 0.15) is 6.04 Å². The fourth-order valence-corrected chi connectivity index (χ4v) is 2.34. The zero-order valence-electron chi connectivity index (χ0n) is 15.3. The molecular formula is C20H19N3O5. The van der Waals surface area contributed by atoms with Crippen LogP contribution in [0.3, 0.4) is 0 Å². The predicted octanol–water partition coefficient (Wildman–Crippen LogP) is 2.25. The number of nitro benzene ring substituents is 1. The fourth-order valence-electron chi connectivity index (χ4n) is 2.34. The molecule has 8 heteroatoms. The van der Waals surface area contributed by atoms with Gasteiger partial charge in [-0.2, -0.15) is 0 Å². The van der Waals surface area contributed by atoms with Gasteiger partial charge in [-0.1, -0.05) is 25.7 Å². The summed E-state index contributed by atoms with van der Waals surface area (Å²) in [5, 5.41) is 22.0. The van der Waals surface area contributed by atoms with Gasteiger partial charge in [0, 0.05) is 28.8 Å². The lowest BCUT2D eigenvalue weighted by atomic mass is 10.0. The van der Waals surface area contributed by atoms with Gasteiger partial charge in [-0.05, 0) is 42.3 Å². The summed E-state index contributed by atoms with van der Waals surface area (Å²) in [4.78, 5) is 34.1. The van der Waals surface area contributed by atoms with Gasteiger partial charge in [0.2, 0.25) is 0 Å². The van der Waals surface area contributed by atoms with E-state index in [2.05, 4.69) is 17.2 Å². The Morgan fingerprint density at radius 2 is 1.50 bits per heavy atom. The number of rotatable bonds is 5. The highest BCUT2D eigenvalue weighted by atomic mass is 16.6. The van der Waals surface area contributed by atoms with Crippen LogP contribution in [0.4, 0.5) is 5.69 Å². The molecule has 0 fully saturated rings. The quantitative estimate of drug-likeness (QED) is 0.317. The lowest BCUT2D eigenvalue weighted by Crippen LogP contribution is -2.48. The third-order valence-electron chi connectivity index (χ3n) is 3.92. The number of hydrogen-bond acceptors (Lipinski definition) is 5. The SMILES string of the molecule is CC(C)[C@H](NC(=O)c1ccc(C#Cc2ccc([N+](=O)[O-])cc2)cc1)C(=O)NO. The number of hydrogen-bond donors (Lipinski definition) is 3. The van der Waals surface area contributed by atoms with Crippen LogP contribution in [-0.4, -0.2) is 28.0 Å². The second-order valence-corrected chi connectivity index (χ2v) is 6.30.